The van der Waals surface area contributed by atoms with E-state index in [9.17, 15) is 20.3 Å². The number of methoxy groups -OCH3 is 1. The number of aromatic nitrogens is 3. The van der Waals surface area contributed by atoms with Crippen LogP contribution in [0.15, 0.2) is 54.7 Å². The third kappa shape index (κ3) is 6.58. The van der Waals surface area contributed by atoms with Gasteiger partial charge < -0.3 is 29.2 Å². The van der Waals surface area contributed by atoms with Crippen molar-refractivity contribution in [3.05, 3.63) is 83.3 Å². The fourth-order valence-electron chi connectivity index (χ4n) is 6.21. The summed E-state index contributed by atoms with van der Waals surface area (Å²) < 4.78 is 12.9. The number of hydrogen-bond donors (Lipinski definition) is 2. The summed E-state index contributed by atoms with van der Waals surface area (Å²) in [6, 6.07) is 16.6. The van der Waals surface area contributed by atoms with E-state index < -0.39 is 11.4 Å². The van der Waals surface area contributed by atoms with E-state index in [4.69, 9.17) is 26.1 Å². The number of nitrogens with zero attached hydrogens (tertiary/aromatic N) is 6. The maximum atomic E-state index is 12.2. The summed E-state index contributed by atoms with van der Waals surface area (Å²) in [5.41, 5.74) is 3.22. The van der Waals surface area contributed by atoms with E-state index in [1.54, 1.807) is 24.4 Å². The Kier molecular flexibility index (Phi) is 9.42. The predicted molar refractivity (Wildman–Crippen MR) is 173 cm³/mol. The third-order valence-electron chi connectivity index (χ3n) is 9.01. The Bertz CT molecular complexity index is 1770. The number of carbonyl (C=O) groups excluding carboxylic acids is 1. The summed E-state index contributed by atoms with van der Waals surface area (Å²) in [5.74, 6) is 0.186. The second-order valence-electron chi connectivity index (χ2n) is 11.9. The molecule has 248 valence electrons. The van der Waals surface area contributed by atoms with E-state index in [0.29, 0.717) is 55.7 Å². The molecule has 47 heavy (non-hydrogen) atoms. The van der Waals surface area contributed by atoms with Crippen LogP contribution in [-0.4, -0.2) is 81.1 Å². The number of rotatable bonds is 7. The molecule has 0 amide bonds. The molecule has 3 aliphatic rings. The molecular weight excluding hydrogens is 855 g/mol. The van der Waals surface area contributed by atoms with Gasteiger partial charge in [-0.2, -0.15) is 11.3 Å². The Morgan fingerprint density at radius 1 is 1.17 bits per heavy atom. The first-order valence-electron chi connectivity index (χ1n) is 15.2. The van der Waals surface area contributed by atoms with Gasteiger partial charge >= 0.3 is 5.97 Å². The quantitative estimate of drug-likeness (QED) is 0.149. The van der Waals surface area contributed by atoms with Gasteiger partial charge in [-0.3, -0.25) is 9.88 Å². The van der Waals surface area contributed by atoms with Crippen LogP contribution in [0.25, 0.3) is 11.0 Å². The Hall–Kier alpha value is -5.50. The molecule has 4 heterocycles. The predicted octanol–water partition coefficient (Wildman–Crippen LogP) is 4.93. The second kappa shape index (κ2) is 13.5. The average molecular weight is 891 g/mol. The molecule has 2 aliphatic heterocycles. The molecule has 1 saturated carbocycles. The topological polar surface area (TPSA) is 137 Å². The van der Waals surface area contributed by atoms with Gasteiger partial charge in [0.25, 0.3) is 0 Å². The van der Waals surface area contributed by atoms with Gasteiger partial charge in [-0.25, -0.2) is 16.2 Å². The van der Waals surface area contributed by atoms with Gasteiger partial charge in [0.15, 0.2) is 11.5 Å². The van der Waals surface area contributed by atoms with E-state index >= 15 is 0 Å². The van der Waals surface area contributed by atoms with Crippen molar-refractivity contribution in [3.63, 3.8) is 0 Å². The van der Waals surface area contributed by atoms with Gasteiger partial charge in [0, 0.05) is 30.9 Å². The van der Waals surface area contributed by atoms with Crippen LogP contribution in [0.2, 0.25) is 5.02 Å². The zero-order valence-electron chi connectivity index (χ0n) is 26.1. The molecule has 0 bridgehead atoms. The van der Waals surface area contributed by atoms with E-state index in [1.807, 2.05) is 37.6 Å². The average Bonchev–Trinajstić information content (AvgIpc) is 3.53. The van der Waals surface area contributed by atoms with Crippen molar-refractivity contribution in [3.8, 4) is 17.6 Å². The SMILES string of the molecule is COC(=O)c1ccc2nc(CN3CCN(c4cccc(O)c4O)C4COCC43)n(CC3(C#N)CC3)c2c1.C[CH-]c1ccc(Cl)cn1.[Cm]. The molecule has 0 radical (unpaired) electrons. The number of phenolic OH excluding ortho intramolecular Hbond substituents is 2. The first-order chi connectivity index (χ1) is 22.3. The number of phenols is 2. The van der Waals surface area contributed by atoms with Crippen LogP contribution in [0.1, 0.15) is 41.6 Å². The maximum Gasteiger partial charge on any atom is 0.337 e. The molecule has 2 aromatic heterocycles. The minimum Gasteiger partial charge on any atom is -0.504 e. The number of aromatic hydroxyl groups is 2. The van der Waals surface area contributed by atoms with Crippen molar-refractivity contribution in [2.45, 2.75) is 44.9 Å². The standard InChI is InChI=1S/C27H29N5O5.C7H7ClN.Cm/c1-36-26(35)17-5-6-18-20(11-17)32(16-27(15-28)7-8-27)24(29-18)12-30-9-10-31(22-14-37-13-21(22)30)19-3-2-4-23(33)25(19)34;1-2-7-4-3-6(8)5-9-7;/h2-6,11,21-22,33-34H,7-10,12-14,16H2,1H3;2-5H,1H3;/q;-1;. The number of imidazole rings is 1. The van der Waals surface area contributed by atoms with Crippen molar-refractivity contribution in [1.82, 2.24) is 19.4 Å². The van der Waals surface area contributed by atoms with Gasteiger partial charge in [0.2, 0.25) is 0 Å². The molecule has 1 aliphatic carbocycles. The van der Waals surface area contributed by atoms with Crippen LogP contribution >= 0.6 is 11.6 Å². The van der Waals surface area contributed by atoms with Gasteiger partial charge in [-0.15, -0.1) is 13.0 Å². The number of piperazine rings is 1. The number of hydrogen-bond acceptors (Lipinski definition) is 10. The smallest absolute Gasteiger partial charge is 0.337 e. The molecule has 2 aromatic carbocycles. The number of nitriles is 1. The van der Waals surface area contributed by atoms with Crippen LogP contribution in [-0.2, 0) is 22.6 Å². The third-order valence-corrected chi connectivity index (χ3v) is 9.24. The van der Waals surface area contributed by atoms with Crippen LogP contribution in [0.4, 0.5) is 5.69 Å². The molecule has 7 rings (SSSR count). The zero-order valence-corrected chi connectivity index (χ0v) is 29.8. The number of ether oxygens (including phenoxy) is 2. The van der Waals surface area contributed by atoms with E-state index in [1.165, 1.54) is 13.2 Å². The Morgan fingerprint density at radius 2 is 1.96 bits per heavy atom. The first kappa shape index (κ1) is 32.9. The van der Waals surface area contributed by atoms with Gasteiger partial charge in [-0.1, -0.05) is 23.4 Å². The fraction of sp³-hybridized carbons (Fsp3) is 0.382. The summed E-state index contributed by atoms with van der Waals surface area (Å²) in [6.07, 6.45) is 5.26. The van der Waals surface area contributed by atoms with Crippen LogP contribution < -0.4 is 4.90 Å². The molecule has 11 nitrogen and oxygen atoms in total. The maximum absolute atomic E-state index is 12.2. The van der Waals surface area contributed by atoms with Crippen LogP contribution in [0, 0.1) is 23.2 Å². The molecule has 2 atom stereocenters. The molecule has 2 unspecified atom stereocenters. The Balaban J connectivity index is 0.000000377. The summed E-state index contributed by atoms with van der Waals surface area (Å²) in [7, 11) is 1.36. The molecule has 2 N–H and O–H groups in total. The van der Waals surface area contributed by atoms with E-state index in [2.05, 4.69) is 25.4 Å². The first-order valence-corrected chi connectivity index (χ1v) is 15.6. The molecule has 0 spiro atoms. The monoisotopic (exact) mass is 886 g/mol. The number of halogens is 1. The summed E-state index contributed by atoms with van der Waals surface area (Å²) in [6.45, 7) is 5.46. The second-order valence-corrected chi connectivity index (χ2v) is 12.3. The molecule has 13 heteroatoms. The number of esters is 1. The Morgan fingerprint density at radius 3 is 2.64 bits per heavy atom. The molecule has 3 fully saturated rings. The van der Waals surface area contributed by atoms with Crippen molar-refractivity contribution in [2.75, 3.05) is 38.3 Å². The van der Waals surface area contributed by atoms with E-state index in [-0.39, 0.29) is 23.6 Å². The molecule has 2 saturated heterocycles. The summed E-state index contributed by atoms with van der Waals surface area (Å²) in [4.78, 5) is 25.6. The number of fused-ring (bicyclic) bond motifs is 2. The summed E-state index contributed by atoms with van der Waals surface area (Å²) >= 11 is 5.59. The van der Waals surface area contributed by atoms with Gasteiger partial charge in [-0.05, 0) is 43.2 Å². The minimum atomic E-state index is -0.408. The van der Waals surface area contributed by atoms with Crippen molar-refractivity contribution in [2.24, 2.45) is 5.41 Å². The largest absolute Gasteiger partial charge is 0.504 e. The van der Waals surface area contributed by atoms with Crippen molar-refractivity contribution < 1.29 is 24.5 Å². The Labute approximate surface area is 272 Å². The normalized spacial score (nSPS) is 19.5. The number of carbonyl (C=O) groups is 1. The number of pyridine rings is 1. The number of para-hydroxylation sites is 1. The number of anilines is 1. The van der Waals surface area contributed by atoms with Crippen molar-refractivity contribution in [1.29, 1.82) is 5.26 Å². The molecule has 4 aromatic rings. The molecular formula is C34H36ClCmN6O5-. The zero-order chi connectivity index (χ0) is 32.4. The van der Waals surface area contributed by atoms with E-state index in [0.717, 1.165) is 35.4 Å². The van der Waals surface area contributed by atoms with Crippen LogP contribution in [0.3, 0.4) is 0 Å². The number of benzene rings is 2. The van der Waals surface area contributed by atoms with Gasteiger partial charge in [0.1, 0.15) is 5.82 Å². The summed E-state index contributed by atoms with van der Waals surface area (Å²) in [5, 5.41) is 31.0. The van der Waals surface area contributed by atoms with Crippen LogP contribution in [0.5, 0.6) is 11.5 Å². The fourth-order valence-corrected chi connectivity index (χ4v) is 6.32. The minimum absolute atomic E-state index is 0. The van der Waals surface area contributed by atoms with Crippen molar-refractivity contribution >= 4 is 34.3 Å². The van der Waals surface area contributed by atoms with Gasteiger partial charge in [0.05, 0.1) is 72.7 Å².